The summed E-state index contributed by atoms with van der Waals surface area (Å²) in [6.45, 7) is 4.90. The Kier molecular flexibility index (Phi) is 6.29. The van der Waals surface area contributed by atoms with Gasteiger partial charge in [-0.15, -0.1) is 0 Å². The van der Waals surface area contributed by atoms with Crippen LogP contribution in [0.3, 0.4) is 0 Å². The van der Waals surface area contributed by atoms with Gasteiger partial charge in [0.15, 0.2) is 0 Å². The molecule has 1 saturated heterocycles. The quantitative estimate of drug-likeness (QED) is 0.697. The van der Waals surface area contributed by atoms with Gasteiger partial charge in [0.05, 0.1) is 6.10 Å². The Labute approximate surface area is 87.6 Å². The van der Waals surface area contributed by atoms with Crippen molar-refractivity contribution in [2.24, 2.45) is 0 Å². The first-order valence-electron chi connectivity index (χ1n) is 4.17. The van der Waals surface area contributed by atoms with E-state index in [1.54, 1.807) is 0 Å². The molecule has 1 fully saturated rings. The summed E-state index contributed by atoms with van der Waals surface area (Å²) in [5.74, 6) is 0. The zero-order valence-corrected chi connectivity index (χ0v) is 9.67. The molecular weight excluding hydrogens is 241 g/mol. The van der Waals surface area contributed by atoms with Crippen molar-refractivity contribution in [3.8, 4) is 0 Å². The van der Waals surface area contributed by atoms with Crippen molar-refractivity contribution in [2.45, 2.75) is 19.1 Å². The zero-order chi connectivity index (χ0) is 8.27. The van der Waals surface area contributed by atoms with Crippen LogP contribution in [0.25, 0.3) is 5.32 Å². The molecule has 0 saturated carbocycles. The molecule has 0 amide bonds. The van der Waals surface area contributed by atoms with Crippen LogP contribution in [0.4, 0.5) is 0 Å². The van der Waals surface area contributed by atoms with Gasteiger partial charge in [-0.2, -0.15) is 7.05 Å². The normalized spacial score (nSPS) is 30.2. The SMILES string of the molecule is CCOC1CN(C)CC1[N-]C.[Ru+]. The van der Waals surface area contributed by atoms with Gasteiger partial charge < -0.3 is 15.0 Å². The molecule has 12 heavy (non-hydrogen) atoms. The van der Waals surface area contributed by atoms with Crippen LogP contribution in [0.5, 0.6) is 0 Å². The molecule has 1 rings (SSSR count). The fraction of sp³-hybridized carbons (Fsp3) is 1.00. The largest absolute Gasteiger partial charge is 1.00 e. The van der Waals surface area contributed by atoms with Crippen molar-refractivity contribution in [3.63, 3.8) is 0 Å². The van der Waals surface area contributed by atoms with Crippen molar-refractivity contribution in [2.75, 3.05) is 33.8 Å². The van der Waals surface area contributed by atoms with E-state index in [2.05, 4.69) is 17.3 Å². The molecule has 3 nitrogen and oxygen atoms in total. The minimum absolute atomic E-state index is 0. The van der Waals surface area contributed by atoms with Gasteiger partial charge in [-0.3, -0.25) is 0 Å². The molecule has 0 aromatic carbocycles. The molecule has 2 atom stereocenters. The summed E-state index contributed by atoms with van der Waals surface area (Å²) in [7, 11) is 3.98. The third kappa shape index (κ3) is 3.10. The van der Waals surface area contributed by atoms with E-state index in [0.29, 0.717) is 12.1 Å². The van der Waals surface area contributed by atoms with E-state index in [1.165, 1.54) is 0 Å². The molecule has 1 heterocycles. The molecule has 73 valence electrons. The summed E-state index contributed by atoms with van der Waals surface area (Å²) in [5, 5.41) is 4.27. The second kappa shape index (κ2) is 6.03. The van der Waals surface area contributed by atoms with Gasteiger partial charge in [-0.05, 0) is 20.5 Å². The number of likely N-dealkylation sites (tertiary alicyclic amines) is 1. The Morgan fingerprint density at radius 2 is 2.17 bits per heavy atom. The summed E-state index contributed by atoms with van der Waals surface area (Å²) in [4.78, 5) is 2.26. The first-order valence-corrected chi connectivity index (χ1v) is 4.17. The van der Waals surface area contributed by atoms with Crippen molar-refractivity contribution >= 4 is 0 Å². The minimum atomic E-state index is 0. The Hall–Kier alpha value is 0.503. The van der Waals surface area contributed by atoms with Crippen LogP contribution < -0.4 is 0 Å². The first-order chi connectivity index (χ1) is 5.27. The topological polar surface area (TPSA) is 26.6 Å². The zero-order valence-electron chi connectivity index (χ0n) is 7.93. The van der Waals surface area contributed by atoms with Crippen LogP contribution in [0.15, 0.2) is 0 Å². The summed E-state index contributed by atoms with van der Waals surface area (Å²) in [5.41, 5.74) is 0. The second-order valence-corrected chi connectivity index (χ2v) is 3.04. The van der Waals surface area contributed by atoms with Crippen LogP contribution in [-0.4, -0.2) is 50.8 Å². The third-order valence-corrected chi connectivity index (χ3v) is 2.13. The van der Waals surface area contributed by atoms with Crippen LogP contribution >= 0.6 is 0 Å². The molecule has 0 aromatic heterocycles. The fourth-order valence-corrected chi connectivity index (χ4v) is 1.57. The van der Waals surface area contributed by atoms with Crippen LogP contribution in [0.2, 0.25) is 0 Å². The fourth-order valence-electron chi connectivity index (χ4n) is 1.57. The van der Waals surface area contributed by atoms with E-state index < -0.39 is 0 Å². The molecule has 0 N–H and O–H groups in total. The summed E-state index contributed by atoms with van der Waals surface area (Å²) in [6.07, 6.45) is 0.329. The molecule has 0 aromatic rings. The van der Waals surface area contributed by atoms with E-state index in [0.717, 1.165) is 19.7 Å². The molecule has 0 aliphatic carbocycles. The molecular formula is C8H17N2ORu. The third-order valence-electron chi connectivity index (χ3n) is 2.13. The second-order valence-electron chi connectivity index (χ2n) is 3.04. The first kappa shape index (κ1) is 12.5. The maximum Gasteiger partial charge on any atom is 1.00 e. The summed E-state index contributed by atoms with van der Waals surface area (Å²) >= 11 is 0. The van der Waals surface area contributed by atoms with E-state index in [-0.39, 0.29) is 19.5 Å². The predicted octanol–water partition coefficient (Wildman–Crippen LogP) is 0.706. The number of rotatable bonds is 3. The molecule has 2 unspecified atom stereocenters. The van der Waals surface area contributed by atoms with Crippen LogP contribution in [0.1, 0.15) is 6.92 Å². The number of hydrogen-bond donors (Lipinski definition) is 0. The Morgan fingerprint density at radius 3 is 2.67 bits per heavy atom. The van der Waals surface area contributed by atoms with Crippen molar-refractivity contribution in [1.82, 2.24) is 4.90 Å². The standard InChI is InChI=1S/C8H17N2O.Ru/c1-4-11-8-6-10(3)5-7(8)9-2;/h7-8H,4-6H2,1-3H3;/q-1;+1. The maximum absolute atomic E-state index is 5.54. The van der Waals surface area contributed by atoms with E-state index in [1.807, 2.05) is 14.0 Å². The molecule has 1 aliphatic rings. The van der Waals surface area contributed by atoms with Gasteiger partial charge >= 0.3 is 19.5 Å². The monoisotopic (exact) mass is 259 g/mol. The maximum atomic E-state index is 5.54. The van der Waals surface area contributed by atoms with Gasteiger partial charge in [0, 0.05) is 13.2 Å². The average Bonchev–Trinajstić information content (AvgIpc) is 2.32. The van der Waals surface area contributed by atoms with Gasteiger partial charge in [-0.1, -0.05) is 6.04 Å². The molecule has 1 aliphatic heterocycles. The average molecular weight is 258 g/mol. The van der Waals surface area contributed by atoms with E-state index >= 15 is 0 Å². The Balaban J connectivity index is 0.00000121. The molecule has 0 spiro atoms. The Bertz CT molecular complexity index is 124. The number of hydrogen-bond acceptors (Lipinski definition) is 2. The van der Waals surface area contributed by atoms with E-state index in [9.17, 15) is 0 Å². The summed E-state index contributed by atoms with van der Waals surface area (Å²) < 4.78 is 5.54. The smallest absolute Gasteiger partial charge is 0.659 e. The van der Waals surface area contributed by atoms with Crippen LogP contribution in [0, 0.1) is 0 Å². The van der Waals surface area contributed by atoms with E-state index in [4.69, 9.17) is 4.74 Å². The van der Waals surface area contributed by atoms with Gasteiger partial charge in [0.25, 0.3) is 0 Å². The number of likely N-dealkylation sites (N-methyl/N-ethyl adjacent to an activating group) is 2. The predicted molar refractivity (Wildman–Crippen MR) is 46.0 cm³/mol. The van der Waals surface area contributed by atoms with Gasteiger partial charge in [0.1, 0.15) is 0 Å². The van der Waals surface area contributed by atoms with Gasteiger partial charge in [-0.25, -0.2) is 0 Å². The van der Waals surface area contributed by atoms with Gasteiger partial charge in [0.2, 0.25) is 0 Å². The molecule has 1 radical (unpaired) electrons. The Morgan fingerprint density at radius 1 is 1.50 bits per heavy atom. The number of nitrogens with zero attached hydrogens (tertiary/aromatic N) is 2. The minimum Gasteiger partial charge on any atom is -0.659 e. The molecule has 4 heteroatoms. The summed E-state index contributed by atoms with van der Waals surface area (Å²) in [6, 6.07) is 0.389. The van der Waals surface area contributed by atoms with Crippen molar-refractivity contribution in [1.29, 1.82) is 0 Å². The van der Waals surface area contributed by atoms with Crippen LogP contribution in [-0.2, 0) is 24.2 Å². The molecule has 0 bridgehead atoms. The van der Waals surface area contributed by atoms with Crippen molar-refractivity contribution in [3.05, 3.63) is 5.32 Å². The van der Waals surface area contributed by atoms with Crippen molar-refractivity contribution < 1.29 is 24.2 Å². The number of ether oxygens (including phenoxy) is 1.